The first-order valence-corrected chi connectivity index (χ1v) is 9.74. The van der Waals surface area contributed by atoms with Gasteiger partial charge in [-0.1, -0.05) is 36.4 Å². The maximum absolute atomic E-state index is 12.6. The van der Waals surface area contributed by atoms with Crippen LogP contribution in [-0.2, 0) is 33.7 Å². The first-order valence-electron chi connectivity index (χ1n) is 9.74. The molecule has 1 atom stereocenters. The molecule has 2 heterocycles. The quantitative estimate of drug-likeness (QED) is 0.802. The number of carbonyl (C=O) groups is 2. The summed E-state index contributed by atoms with van der Waals surface area (Å²) in [7, 11) is 0. The Balaban J connectivity index is 0.00000240. The lowest BCUT2D eigenvalue weighted by Crippen LogP contribution is -2.44. The number of carbonyl (C=O) groups excluding carboxylic acids is 2. The van der Waals surface area contributed by atoms with Gasteiger partial charge in [-0.05, 0) is 35.2 Å². The van der Waals surface area contributed by atoms with Crippen LogP contribution in [-0.4, -0.2) is 49.1 Å². The number of rotatable bonds is 4. The minimum absolute atomic E-state index is 0. The maximum atomic E-state index is 12.6. The molecule has 29 heavy (non-hydrogen) atoms. The third-order valence-corrected chi connectivity index (χ3v) is 5.34. The van der Waals surface area contributed by atoms with E-state index >= 15 is 0 Å². The molecule has 0 aliphatic carbocycles. The van der Waals surface area contributed by atoms with E-state index in [1.165, 1.54) is 11.1 Å². The average molecular weight is 416 g/mol. The zero-order valence-corrected chi connectivity index (χ0v) is 17.0. The minimum atomic E-state index is -0.238. The zero-order valence-electron chi connectivity index (χ0n) is 16.2. The second-order valence-corrected chi connectivity index (χ2v) is 7.26. The maximum Gasteiger partial charge on any atom is 0.241 e. The molecule has 7 heteroatoms. The summed E-state index contributed by atoms with van der Waals surface area (Å²) in [4.78, 5) is 26.8. The van der Waals surface area contributed by atoms with Crippen LogP contribution in [0.3, 0.4) is 0 Å². The lowest BCUT2D eigenvalue weighted by molar-refractivity contribution is -0.134. The molecular weight excluding hydrogens is 390 g/mol. The van der Waals surface area contributed by atoms with Crippen LogP contribution in [0.1, 0.15) is 16.7 Å². The van der Waals surface area contributed by atoms with Crippen molar-refractivity contribution in [2.45, 2.75) is 25.4 Å². The summed E-state index contributed by atoms with van der Waals surface area (Å²) in [5, 5.41) is 6.27. The molecule has 0 bridgehead atoms. The van der Waals surface area contributed by atoms with Crippen molar-refractivity contribution >= 4 is 29.9 Å². The van der Waals surface area contributed by atoms with Crippen LogP contribution in [0.15, 0.2) is 48.5 Å². The molecule has 2 aliphatic heterocycles. The monoisotopic (exact) mass is 415 g/mol. The molecule has 0 saturated carbocycles. The van der Waals surface area contributed by atoms with Gasteiger partial charge < -0.3 is 20.3 Å². The van der Waals surface area contributed by atoms with Crippen LogP contribution in [0.2, 0.25) is 0 Å². The van der Waals surface area contributed by atoms with E-state index in [4.69, 9.17) is 4.74 Å². The molecule has 0 aromatic heterocycles. The molecule has 6 nitrogen and oxygen atoms in total. The summed E-state index contributed by atoms with van der Waals surface area (Å²) in [5.74, 6) is 0.0804. The van der Waals surface area contributed by atoms with Crippen LogP contribution in [0.4, 0.5) is 5.69 Å². The highest BCUT2D eigenvalue weighted by atomic mass is 35.5. The van der Waals surface area contributed by atoms with E-state index in [1.54, 1.807) is 0 Å². The van der Waals surface area contributed by atoms with Crippen molar-refractivity contribution < 1.29 is 14.3 Å². The van der Waals surface area contributed by atoms with Gasteiger partial charge in [-0.15, -0.1) is 12.4 Å². The van der Waals surface area contributed by atoms with Gasteiger partial charge in [-0.3, -0.25) is 9.59 Å². The third-order valence-electron chi connectivity index (χ3n) is 5.34. The van der Waals surface area contributed by atoms with E-state index in [0.29, 0.717) is 45.7 Å². The van der Waals surface area contributed by atoms with E-state index in [1.807, 2.05) is 41.3 Å². The number of morpholine rings is 1. The highest BCUT2D eigenvalue weighted by molar-refractivity contribution is 5.95. The summed E-state index contributed by atoms with van der Waals surface area (Å²) in [6.07, 6.45) is 1.06. The molecule has 2 aromatic carbocycles. The molecule has 2 aliphatic rings. The molecule has 4 rings (SSSR count). The van der Waals surface area contributed by atoms with Crippen molar-refractivity contribution in [2.24, 2.45) is 0 Å². The first-order chi connectivity index (χ1) is 13.7. The second kappa shape index (κ2) is 9.87. The van der Waals surface area contributed by atoms with E-state index in [-0.39, 0.29) is 30.3 Å². The topological polar surface area (TPSA) is 70.7 Å². The van der Waals surface area contributed by atoms with Crippen molar-refractivity contribution in [3.8, 4) is 0 Å². The molecule has 1 unspecified atom stereocenters. The fourth-order valence-corrected chi connectivity index (χ4v) is 3.67. The minimum Gasteiger partial charge on any atom is -0.378 e. The summed E-state index contributed by atoms with van der Waals surface area (Å²) in [5.41, 5.74) is 4.16. The number of fused-ring (bicyclic) bond motifs is 1. The predicted octanol–water partition coefficient (Wildman–Crippen LogP) is 2.16. The van der Waals surface area contributed by atoms with Crippen LogP contribution >= 0.6 is 12.4 Å². The van der Waals surface area contributed by atoms with Crippen LogP contribution in [0.5, 0.6) is 0 Å². The number of ether oxygens (including phenoxy) is 1. The van der Waals surface area contributed by atoms with E-state index in [0.717, 1.165) is 11.3 Å². The second-order valence-electron chi connectivity index (χ2n) is 7.26. The molecule has 154 valence electrons. The molecule has 0 spiro atoms. The largest absolute Gasteiger partial charge is 0.378 e. The fourth-order valence-electron chi connectivity index (χ4n) is 3.67. The fraction of sp³-hybridized carbons (Fsp3) is 0.364. The summed E-state index contributed by atoms with van der Waals surface area (Å²) in [6, 6.07) is 15.5. The van der Waals surface area contributed by atoms with Gasteiger partial charge >= 0.3 is 0 Å². The third kappa shape index (κ3) is 5.35. The van der Waals surface area contributed by atoms with Crippen molar-refractivity contribution in [1.29, 1.82) is 0 Å². The first kappa shape index (κ1) is 21.3. The highest BCUT2D eigenvalue weighted by Gasteiger charge is 2.24. The van der Waals surface area contributed by atoms with Gasteiger partial charge in [-0.2, -0.15) is 0 Å². The number of amides is 2. The van der Waals surface area contributed by atoms with Crippen LogP contribution in [0, 0.1) is 0 Å². The SMILES string of the molecule is Cl.O=C(Nc1ccc(CC(=O)N2CCOCC2)cc1)C1Cc2ccccc2CN1. The number of anilines is 1. The molecule has 1 saturated heterocycles. The van der Waals surface area contributed by atoms with Gasteiger partial charge in [0.05, 0.1) is 25.7 Å². The Labute approximate surface area is 177 Å². The van der Waals surface area contributed by atoms with Crippen molar-refractivity contribution in [1.82, 2.24) is 10.2 Å². The number of nitrogens with zero attached hydrogens (tertiary/aromatic N) is 1. The Morgan fingerprint density at radius 1 is 1.03 bits per heavy atom. The molecular formula is C22H26ClN3O3. The average Bonchev–Trinajstić information content (AvgIpc) is 2.75. The van der Waals surface area contributed by atoms with E-state index < -0.39 is 0 Å². The predicted molar refractivity (Wildman–Crippen MR) is 114 cm³/mol. The van der Waals surface area contributed by atoms with Gasteiger partial charge in [0.15, 0.2) is 0 Å². The van der Waals surface area contributed by atoms with Gasteiger partial charge in [0, 0.05) is 25.3 Å². The van der Waals surface area contributed by atoms with Crippen LogP contribution < -0.4 is 10.6 Å². The summed E-state index contributed by atoms with van der Waals surface area (Å²) < 4.78 is 5.28. The Morgan fingerprint density at radius 2 is 1.72 bits per heavy atom. The smallest absolute Gasteiger partial charge is 0.241 e. The van der Waals surface area contributed by atoms with Crippen LogP contribution in [0.25, 0.3) is 0 Å². The Hall–Kier alpha value is -2.41. The van der Waals surface area contributed by atoms with Gasteiger partial charge in [0.1, 0.15) is 0 Å². The number of halogens is 1. The number of benzene rings is 2. The Kier molecular flexibility index (Phi) is 7.25. The highest BCUT2D eigenvalue weighted by Crippen LogP contribution is 2.18. The number of nitrogens with one attached hydrogen (secondary N) is 2. The van der Waals surface area contributed by atoms with E-state index in [9.17, 15) is 9.59 Å². The van der Waals surface area contributed by atoms with E-state index in [2.05, 4.69) is 22.8 Å². The number of hydrogen-bond donors (Lipinski definition) is 2. The summed E-state index contributed by atoms with van der Waals surface area (Å²) in [6.45, 7) is 3.23. The van der Waals surface area contributed by atoms with Gasteiger partial charge in [0.2, 0.25) is 11.8 Å². The van der Waals surface area contributed by atoms with Crippen molar-refractivity contribution in [3.63, 3.8) is 0 Å². The molecule has 0 radical (unpaired) electrons. The molecule has 2 aromatic rings. The Morgan fingerprint density at radius 3 is 2.45 bits per heavy atom. The summed E-state index contributed by atoms with van der Waals surface area (Å²) >= 11 is 0. The lowest BCUT2D eigenvalue weighted by Gasteiger charge is -2.27. The van der Waals surface area contributed by atoms with Gasteiger partial charge in [0.25, 0.3) is 0 Å². The van der Waals surface area contributed by atoms with Crippen molar-refractivity contribution in [2.75, 3.05) is 31.6 Å². The standard InChI is InChI=1S/C22H25N3O3.ClH/c26-21(25-9-11-28-12-10-25)13-16-5-7-19(8-6-16)24-22(27)20-14-17-3-1-2-4-18(17)15-23-20;/h1-8,20,23H,9-15H2,(H,24,27);1H. The van der Waals surface area contributed by atoms with Gasteiger partial charge in [-0.25, -0.2) is 0 Å². The lowest BCUT2D eigenvalue weighted by atomic mass is 9.95. The molecule has 2 amide bonds. The Bertz CT molecular complexity index is 851. The van der Waals surface area contributed by atoms with Crippen molar-refractivity contribution in [3.05, 3.63) is 65.2 Å². The number of hydrogen-bond acceptors (Lipinski definition) is 4. The molecule has 1 fully saturated rings. The zero-order chi connectivity index (χ0) is 19.3. The molecule has 2 N–H and O–H groups in total. The normalized spacial score (nSPS) is 18.3.